The fourth-order valence-electron chi connectivity index (χ4n) is 1.99. The monoisotopic (exact) mass is 222 g/mol. The van der Waals surface area contributed by atoms with E-state index in [1.165, 1.54) is 0 Å². The predicted molar refractivity (Wildman–Crippen MR) is 60.9 cm³/mol. The zero-order valence-electron chi connectivity index (χ0n) is 9.75. The third kappa shape index (κ3) is 2.11. The Balaban J connectivity index is 1.97. The molecule has 1 fully saturated rings. The summed E-state index contributed by atoms with van der Waals surface area (Å²) in [6.45, 7) is 5.60. The van der Waals surface area contributed by atoms with Crippen molar-refractivity contribution in [3.63, 3.8) is 0 Å². The fourth-order valence-corrected chi connectivity index (χ4v) is 1.99. The zero-order valence-corrected chi connectivity index (χ0v) is 9.75. The molecular formula is C12H18N2O2. The van der Waals surface area contributed by atoms with Crippen LogP contribution < -0.4 is 10.6 Å². The number of hydrogen-bond acceptors (Lipinski definition) is 3. The van der Waals surface area contributed by atoms with E-state index in [-0.39, 0.29) is 17.4 Å². The molecule has 0 aliphatic carbocycles. The number of nitrogens with one attached hydrogen (secondary N) is 2. The first-order valence-corrected chi connectivity index (χ1v) is 5.67. The summed E-state index contributed by atoms with van der Waals surface area (Å²) in [5, 5.41) is 6.21. The summed E-state index contributed by atoms with van der Waals surface area (Å²) in [4.78, 5) is 12.1. The number of hydrogen-bond donors (Lipinski definition) is 2. The minimum Gasteiger partial charge on any atom is -0.467 e. The summed E-state index contributed by atoms with van der Waals surface area (Å²) in [7, 11) is 0. The number of carbonyl (C=O) groups is 1. The molecule has 4 nitrogen and oxygen atoms in total. The Morgan fingerprint density at radius 2 is 2.50 bits per heavy atom. The second-order valence-corrected chi connectivity index (χ2v) is 4.70. The Kier molecular flexibility index (Phi) is 3.01. The van der Waals surface area contributed by atoms with Gasteiger partial charge in [-0.1, -0.05) is 0 Å². The fraction of sp³-hybridized carbons (Fsp3) is 0.583. The summed E-state index contributed by atoms with van der Waals surface area (Å²) >= 11 is 0. The van der Waals surface area contributed by atoms with Gasteiger partial charge < -0.3 is 15.1 Å². The van der Waals surface area contributed by atoms with Gasteiger partial charge in [0.1, 0.15) is 5.76 Å². The first kappa shape index (κ1) is 11.2. The molecule has 2 atom stereocenters. The van der Waals surface area contributed by atoms with E-state index >= 15 is 0 Å². The Bertz CT molecular complexity index is 353. The number of furan rings is 1. The molecule has 16 heavy (non-hydrogen) atoms. The molecule has 1 aromatic rings. The van der Waals surface area contributed by atoms with Crippen molar-refractivity contribution in [1.82, 2.24) is 10.6 Å². The van der Waals surface area contributed by atoms with Crippen molar-refractivity contribution >= 4 is 5.91 Å². The summed E-state index contributed by atoms with van der Waals surface area (Å²) in [5.74, 6) is 0.893. The average Bonchev–Trinajstić information content (AvgIpc) is 2.88. The van der Waals surface area contributed by atoms with E-state index in [0.717, 1.165) is 25.3 Å². The Morgan fingerprint density at radius 3 is 3.06 bits per heavy atom. The van der Waals surface area contributed by atoms with Gasteiger partial charge in [0.05, 0.1) is 17.7 Å². The van der Waals surface area contributed by atoms with E-state index in [0.29, 0.717) is 0 Å². The van der Waals surface area contributed by atoms with E-state index in [1.807, 2.05) is 26.0 Å². The Hall–Kier alpha value is -1.29. The molecule has 2 rings (SSSR count). The van der Waals surface area contributed by atoms with E-state index in [9.17, 15) is 4.79 Å². The highest BCUT2D eigenvalue weighted by Crippen LogP contribution is 2.26. The summed E-state index contributed by atoms with van der Waals surface area (Å²) in [6.07, 6.45) is 2.51. The van der Waals surface area contributed by atoms with Crippen LogP contribution >= 0.6 is 0 Å². The lowest BCUT2D eigenvalue weighted by atomic mass is 9.88. The van der Waals surface area contributed by atoms with Crippen molar-refractivity contribution in [2.24, 2.45) is 5.41 Å². The molecule has 0 bridgehead atoms. The van der Waals surface area contributed by atoms with Gasteiger partial charge in [0.25, 0.3) is 0 Å². The standard InChI is InChI=1S/C12H18N2O2/c1-9(10-4-3-7-16-10)14-11(15)12(2)5-6-13-8-12/h3-4,7,9,13H,5-6,8H2,1-2H3,(H,14,15). The quantitative estimate of drug-likeness (QED) is 0.814. The summed E-state index contributed by atoms with van der Waals surface area (Å²) in [6, 6.07) is 3.64. The number of amides is 1. The Morgan fingerprint density at radius 1 is 1.69 bits per heavy atom. The second-order valence-electron chi connectivity index (χ2n) is 4.70. The van der Waals surface area contributed by atoms with Crippen LogP contribution in [0.4, 0.5) is 0 Å². The predicted octanol–water partition coefficient (Wildman–Crippen LogP) is 1.46. The van der Waals surface area contributed by atoms with Crippen LogP contribution in [0, 0.1) is 5.41 Å². The van der Waals surface area contributed by atoms with Crippen LogP contribution in [-0.2, 0) is 4.79 Å². The van der Waals surface area contributed by atoms with Crippen LogP contribution in [0.3, 0.4) is 0 Å². The molecule has 2 unspecified atom stereocenters. The largest absolute Gasteiger partial charge is 0.467 e. The van der Waals surface area contributed by atoms with Crippen LogP contribution in [0.1, 0.15) is 32.1 Å². The molecule has 0 spiro atoms. The van der Waals surface area contributed by atoms with E-state index in [2.05, 4.69) is 10.6 Å². The topological polar surface area (TPSA) is 54.3 Å². The lowest BCUT2D eigenvalue weighted by Gasteiger charge is -2.23. The maximum Gasteiger partial charge on any atom is 0.227 e. The van der Waals surface area contributed by atoms with E-state index in [4.69, 9.17) is 4.42 Å². The van der Waals surface area contributed by atoms with Crippen molar-refractivity contribution < 1.29 is 9.21 Å². The second kappa shape index (κ2) is 4.29. The molecule has 0 aromatic carbocycles. The molecule has 1 saturated heterocycles. The van der Waals surface area contributed by atoms with E-state index in [1.54, 1.807) is 6.26 Å². The zero-order chi connectivity index (χ0) is 11.6. The summed E-state index contributed by atoms with van der Waals surface area (Å²) < 4.78 is 5.26. The van der Waals surface area contributed by atoms with Gasteiger partial charge >= 0.3 is 0 Å². The summed E-state index contributed by atoms with van der Waals surface area (Å²) in [5.41, 5.74) is -0.277. The third-order valence-corrected chi connectivity index (χ3v) is 3.23. The molecular weight excluding hydrogens is 204 g/mol. The van der Waals surface area contributed by atoms with Gasteiger partial charge in [-0.25, -0.2) is 0 Å². The first-order chi connectivity index (χ1) is 7.62. The molecule has 1 aliphatic rings. The van der Waals surface area contributed by atoms with Crippen molar-refractivity contribution in [1.29, 1.82) is 0 Å². The number of rotatable bonds is 3. The van der Waals surface area contributed by atoms with E-state index < -0.39 is 0 Å². The lowest BCUT2D eigenvalue weighted by Crippen LogP contribution is -2.41. The SMILES string of the molecule is CC(NC(=O)C1(C)CCNC1)c1ccco1. The van der Waals surface area contributed by atoms with Crippen LogP contribution in [0.25, 0.3) is 0 Å². The molecule has 88 valence electrons. The van der Waals surface area contributed by atoms with Gasteiger partial charge in [-0.2, -0.15) is 0 Å². The average molecular weight is 222 g/mol. The Labute approximate surface area is 95.4 Å². The molecule has 1 aliphatic heterocycles. The first-order valence-electron chi connectivity index (χ1n) is 5.67. The van der Waals surface area contributed by atoms with Gasteiger partial charge in [0.15, 0.2) is 0 Å². The van der Waals surface area contributed by atoms with Crippen LogP contribution in [0.15, 0.2) is 22.8 Å². The van der Waals surface area contributed by atoms with Crippen LogP contribution in [0.5, 0.6) is 0 Å². The minimum absolute atomic E-state index is 0.0695. The highest BCUT2D eigenvalue weighted by molar-refractivity contribution is 5.83. The maximum absolute atomic E-state index is 12.1. The van der Waals surface area contributed by atoms with Crippen molar-refractivity contribution in [3.8, 4) is 0 Å². The molecule has 2 heterocycles. The third-order valence-electron chi connectivity index (χ3n) is 3.23. The lowest BCUT2D eigenvalue weighted by molar-refractivity contribution is -0.130. The molecule has 2 N–H and O–H groups in total. The molecule has 0 radical (unpaired) electrons. The van der Waals surface area contributed by atoms with Crippen molar-refractivity contribution in [2.45, 2.75) is 26.3 Å². The number of carbonyl (C=O) groups excluding carboxylic acids is 1. The molecule has 1 amide bonds. The van der Waals surface area contributed by atoms with Gasteiger partial charge in [-0.15, -0.1) is 0 Å². The highest BCUT2D eigenvalue weighted by Gasteiger charge is 2.36. The molecule has 1 aromatic heterocycles. The normalized spacial score (nSPS) is 26.6. The minimum atomic E-state index is -0.277. The van der Waals surface area contributed by atoms with Gasteiger partial charge in [0.2, 0.25) is 5.91 Å². The molecule has 0 saturated carbocycles. The van der Waals surface area contributed by atoms with Gasteiger partial charge in [0, 0.05) is 6.54 Å². The van der Waals surface area contributed by atoms with Crippen molar-refractivity contribution in [3.05, 3.63) is 24.2 Å². The smallest absolute Gasteiger partial charge is 0.227 e. The van der Waals surface area contributed by atoms with Gasteiger partial charge in [-0.05, 0) is 38.9 Å². The van der Waals surface area contributed by atoms with Crippen LogP contribution in [-0.4, -0.2) is 19.0 Å². The van der Waals surface area contributed by atoms with Crippen molar-refractivity contribution in [2.75, 3.05) is 13.1 Å². The molecule has 4 heteroatoms. The van der Waals surface area contributed by atoms with Crippen LogP contribution in [0.2, 0.25) is 0 Å². The van der Waals surface area contributed by atoms with Gasteiger partial charge in [-0.3, -0.25) is 4.79 Å². The highest BCUT2D eigenvalue weighted by atomic mass is 16.3. The maximum atomic E-state index is 12.1.